The van der Waals surface area contributed by atoms with Crippen molar-refractivity contribution in [3.05, 3.63) is 72.3 Å². The Morgan fingerprint density at radius 1 is 1.22 bits per heavy atom. The molecule has 0 aromatic heterocycles. The Morgan fingerprint density at radius 3 is 1.83 bits per heavy atom. The van der Waals surface area contributed by atoms with Gasteiger partial charge in [0.15, 0.2) is 0 Å². The van der Waals surface area contributed by atoms with Crippen molar-refractivity contribution in [2.45, 2.75) is 13.8 Å². The number of rotatable bonds is 1. The van der Waals surface area contributed by atoms with Gasteiger partial charge in [-0.15, -0.1) is 0 Å². The summed E-state index contributed by atoms with van der Waals surface area (Å²) in [5.74, 6) is -0.935. The van der Waals surface area contributed by atoms with Crippen LogP contribution in [0.3, 0.4) is 0 Å². The van der Waals surface area contributed by atoms with Crippen molar-refractivity contribution in [1.29, 1.82) is 0 Å². The van der Waals surface area contributed by atoms with E-state index in [0.29, 0.717) is 0 Å². The van der Waals surface area contributed by atoms with Gasteiger partial charge in [-0.05, 0) is 6.92 Å². The van der Waals surface area contributed by atoms with Crippen molar-refractivity contribution in [2.75, 3.05) is 0 Å². The molecule has 18 heavy (non-hydrogen) atoms. The van der Waals surface area contributed by atoms with E-state index in [9.17, 15) is 4.79 Å². The molecule has 2 aromatic rings. The van der Waals surface area contributed by atoms with Crippen LogP contribution >= 0.6 is 0 Å². The fraction of sp³-hybridized carbons (Fsp3) is 0.133. The minimum atomic E-state index is -0.935. The zero-order valence-electron chi connectivity index (χ0n) is 10.6. The van der Waals surface area contributed by atoms with Gasteiger partial charge < -0.3 is 5.11 Å². The van der Waals surface area contributed by atoms with Gasteiger partial charge in [0.25, 0.3) is 0 Å². The molecule has 0 saturated heterocycles. The number of aliphatic carboxylic acids is 1. The van der Waals surface area contributed by atoms with E-state index in [1.54, 1.807) is 0 Å². The SMILES string of the molecule is C=C(C)C(=O)O.Cc1ccc[cH-]1.[Fe+2].c1cc[cH-]c1. The number of hydrogen-bond donors (Lipinski definition) is 1. The summed E-state index contributed by atoms with van der Waals surface area (Å²) in [4.78, 5) is 9.60. The topological polar surface area (TPSA) is 37.3 Å². The van der Waals surface area contributed by atoms with E-state index in [-0.39, 0.29) is 22.6 Å². The summed E-state index contributed by atoms with van der Waals surface area (Å²) >= 11 is 0. The summed E-state index contributed by atoms with van der Waals surface area (Å²) in [6.45, 7) is 6.69. The van der Waals surface area contributed by atoms with Crippen molar-refractivity contribution in [3.63, 3.8) is 0 Å². The minimum Gasteiger partial charge on any atom is -0.478 e. The van der Waals surface area contributed by atoms with Crippen LogP contribution in [0, 0.1) is 6.92 Å². The zero-order valence-corrected chi connectivity index (χ0v) is 11.7. The molecule has 0 bridgehead atoms. The second-order valence-electron chi connectivity index (χ2n) is 3.51. The average molecular weight is 286 g/mol. The van der Waals surface area contributed by atoms with Crippen LogP contribution in [0.4, 0.5) is 0 Å². The van der Waals surface area contributed by atoms with Crippen molar-refractivity contribution in [1.82, 2.24) is 0 Å². The van der Waals surface area contributed by atoms with Gasteiger partial charge in [-0.2, -0.15) is 35.9 Å². The van der Waals surface area contributed by atoms with Crippen molar-refractivity contribution >= 4 is 5.97 Å². The van der Waals surface area contributed by atoms with Crippen molar-refractivity contribution < 1.29 is 27.0 Å². The predicted octanol–water partition coefficient (Wildman–Crippen LogP) is 3.76. The second kappa shape index (κ2) is 11.9. The summed E-state index contributed by atoms with van der Waals surface area (Å²) in [6.07, 6.45) is 0. The first kappa shape index (κ1) is 18.8. The van der Waals surface area contributed by atoms with Crippen molar-refractivity contribution in [3.8, 4) is 0 Å². The van der Waals surface area contributed by atoms with E-state index < -0.39 is 5.97 Å². The molecule has 2 rings (SSSR count). The number of aryl methyl sites for hydroxylation is 1. The summed E-state index contributed by atoms with van der Waals surface area (Å²) in [5, 5.41) is 7.89. The van der Waals surface area contributed by atoms with Crippen LogP contribution in [0.5, 0.6) is 0 Å². The molecule has 0 amide bonds. The molecule has 0 atom stereocenters. The summed E-state index contributed by atoms with van der Waals surface area (Å²) in [7, 11) is 0. The molecular weight excluding hydrogens is 268 g/mol. The van der Waals surface area contributed by atoms with Crippen LogP contribution < -0.4 is 0 Å². The summed E-state index contributed by atoms with van der Waals surface area (Å²) in [5.41, 5.74) is 1.52. The fourth-order valence-corrected chi connectivity index (χ4v) is 0.791. The molecule has 1 N–H and O–H groups in total. The summed E-state index contributed by atoms with van der Waals surface area (Å²) < 4.78 is 0. The first-order valence-electron chi connectivity index (χ1n) is 5.28. The Hall–Kier alpha value is -1.57. The van der Waals surface area contributed by atoms with Gasteiger partial charge in [0.05, 0.1) is 0 Å². The van der Waals surface area contributed by atoms with Gasteiger partial charge >= 0.3 is 23.0 Å². The standard InChI is InChI=1S/C6H7.C5H5.C4H6O2.Fe/c1-6-4-2-3-5-6;1-2-4-5-3-1;1-3(2)4(5)6;/h2-5H,1H3;1-5H;1H2,2H3,(H,5,6);/q2*-1;;+2. The molecule has 0 spiro atoms. The molecule has 0 radical (unpaired) electrons. The maximum atomic E-state index is 9.60. The molecular formula is C15H18FeO2. The largest absolute Gasteiger partial charge is 2.00 e. The third-order valence-corrected chi connectivity index (χ3v) is 1.75. The Bertz CT molecular complexity index is 370. The van der Waals surface area contributed by atoms with Gasteiger partial charge in [0, 0.05) is 5.57 Å². The number of hydrogen-bond acceptors (Lipinski definition) is 1. The maximum Gasteiger partial charge on any atom is 2.00 e. The molecule has 0 aliphatic carbocycles. The molecule has 3 heteroatoms. The minimum absolute atomic E-state index is 0. The van der Waals surface area contributed by atoms with E-state index in [2.05, 4.69) is 25.6 Å². The Balaban J connectivity index is 0. The first-order chi connectivity index (χ1) is 8.04. The molecule has 98 valence electrons. The smallest absolute Gasteiger partial charge is 0.478 e. The number of carboxylic acids is 1. The molecule has 2 aromatic carbocycles. The van der Waals surface area contributed by atoms with Crippen LogP contribution in [0.1, 0.15) is 12.5 Å². The number of carboxylic acid groups (broad SMARTS) is 1. The van der Waals surface area contributed by atoms with E-state index in [0.717, 1.165) is 0 Å². The first-order valence-corrected chi connectivity index (χ1v) is 5.28. The second-order valence-corrected chi connectivity index (χ2v) is 3.51. The zero-order chi connectivity index (χ0) is 13.1. The van der Waals surface area contributed by atoms with Crippen LogP contribution in [0.15, 0.2) is 66.7 Å². The quantitative estimate of drug-likeness (QED) is 0.492. The van der Waals surface area contributed by atoms with Gasteiger partial charge in [-0.1, -0.05) is 13.5 Å². The van der Waals surface area contributed by atoms with E-state index in [1.165, 1.54) is 12.5 Å². The monoisotopic (exact) mass is 286 g/mol. The van der Waals surface area contributed by atoms with Gasteiger partial charge in [0.1, 0.15) is 0 Å². The van der Waals surface area contributed by atoms with Gasteiger partial charge in [-0.3, -0.25) is 0 Å². The Labute approximate surface area is 119 Å². The van der Waals surface area contributed by atoms with Gasteiger partial charge in [0.2, 0.25) is 0 Å². The van der Waals surface area contributed by atoms with E-state index in [4.69, 9.17) is 5.11 Å². The maximum absolute atomic E-state index is 9.60. The third kappa shape index (κ3) is 12.5. The van der Waals surface area contributed by atoms with Crippen LogP contribution in [-0.4, -0.2) is 11.1 Å². The Kier molecular flexibility index (Phi) is 12.4. The van der Waals surface area contributed by atoms with Gasteiger partial charge in [-0.25, -0.2) is 29.1 Å². The normalized spacial score (nSPS) is 7.67. The molecule has 0 unspecified atom stereocenters. The third-order valence-electron chi connectivity index (χ3n) is 1.75. The molecule has 0 aliphatic heterocycles. The van der Waals surface area contributed by atoms with Crippen LogP contribution in [0.25, 0.3) is 0 Å². The van der Waals surface area contributed by atoms with E-state index in [1.807, 2.05) is 42.5 Å². The molecule has 0 fully saturated rings. The summed E-state index contributed by atoms with van der Waals surface area (Å²) in [6, 6.07) is 18.2. The van der Waals surface area contributed by atoms with Crippen LogP contribution in [0.2, 0.25) is 0 Å². The predicted molar refractivity (Wildman–Crippen MR) is 71.3 cm³/mol. The molecule has 2 nitrogen and oxygen atoms in total. The molecule has 0 heterocycles. The Morgan fingerprint density at radius 2 is 1.72 bits per heavy atom. The molecule has 0 aliphatic rings. The van der Waals surface area contributed by atoms with Crippen LogP contribution in [-0.2, 0) is 21.9 Å². The average Bonchev–Trinajstić information content (AvgIpc) is 2.92. The molecule has 0 saturated carbocycles. The van der Waals surface area contributed by atoms with E-state index >= 15 is 0 Å². The fourth-order valence-electron chi connectivity index (χ4n) is 0.791. The van der Waals surface area contributed by atoms with Crippen molar-refractivity contribution in [2.24, 2.45) is 0 Å². The number of carbonyl (C=O) groups is 1.